The van der Waals surface area contributed by atoms with Crippen LogP contribution in [0.3, 0.4) is 0 Å². The van der Waals surface area contributed by atoms with Crippen molar-refractivity contribution < 1.29 is 22.8 Å². The van der Waals surface area contributed by atoms with Gasteiger partial charge in [0.2, 0.25) is 0 Å². The molecule has 0 unspecified atom stereocenters. The Balaban J connectivity index is 1.42. The smallest absolute Gasteiger partial charge is 0.370 e. The van der Waals surface area contributed by atoms with Crippen LogP contribution >= 0.6 is 11.3 Å². The summed E-state index contributed by atoms with van der Waals surface area (Å²) in [5.74, 6) is -0.216. The van der Waals surface area contributed by atoms with Crippen LogP contribution in [0.5, 0.6) is 0 Å². The van der Waals surface area contributed by atoms with Crippen LogP contribution in [-0.4, -0.2) is 25.0 Å². The predicted molar refractivity (Wildman–Crippen MR) is 133 cm³/mol. The van der Waals surface area contributed by atoms with E-state index in [1.807, 2.05) is 29.7 Å². The summed E-state index contributed by atoms with van der Waals surface area (Å²) in [6.07, 6.45) is -0.562. The second-order valence-corrected chi connectivity index (χ2v) is 9.27. The molecule has 1 saturated heterocycles. The van der Waals surface area contributed by atoms with Crippen molar-refractivity contribution in [3.8, 4) is 0 Å². The number of hydrogen-bond donors (Lipinski definition) is 3. The van der Waals surface area contributed by atoms with Crippen molar-refractivity contribution in [2.45, 2.75) is 19.0 Å². The number of hydrogen-bond acceptors (Lipinski definition) is 4. The number of rotatable bonds is 4. The quantitative estimate of drug-likeness (QED) is 0.360. The molecule has 3 amide bonds. The summed E-state index contributed by atoms with van der Waals surface area (Å²) in [6.45, 7) is 1.64. The summed E-state index contributed by atoms with van der Waals surface area (Å²) in [4.78, 5) is 28.5. The van der Waals surface area contributed by atoms with Crippen molar-refractivity contribution in [1.29, 1.82) is 0 Å². The molecule has 180 valence electrons. The zero-order chi connectivity index (χ0) is 24.6. The number of urea groups is 1. The van der Waals surface area contributed by atoms with Gasteiger partial charge in [-0.2, -0.15) is 13.2 Å². The largest absolute Gasteiger partial charge is 0.416 e. The molecule has 0 spiro atoms. The fourth-order valence-corrected chi connectivity index (χ4v) is 4.89. The van der Waals surface area contributed by atoms with Crippen LogP contribution in [0.2, 0.25) is 0 Å². The van der Waals surface area contributed by atoms with Gasteiger partial charge in [-0.15, -0.1) is 11.3 Å². The first-order valence-corrected chi connectivity index (χ1v) is 11.9. The van der Waals surface area contributed by atoms with E-state index in [4.69, 9.17) is 0 Å². The fraction of sp³-hybridized carbons (Fsp3) is 0.200. The van der Waals surface area contributed by atoms with Crippen LogP contribution in [0.1, 0.15) is 28.8 Å². The minimum absolute atomic E-state index is 0.216. The normalized spacial score (nSPS) is 16.4. The molecule has 2 aliphatic rings. The predicted octanol–water partition coefficient (Wildman–Crippen LogP) is 6.50. The van der Waals surface area contributed by atoms with Crippen LogP contribution in [0.15, 0.2) is 53.9 Å². The number of nitrogens with zero attached hydrogens (tertiary/aromatic N) is 1. The SMILES string of the molecule is O=C(Nc1ccc(C(F)(F)F)cc1)Nc1cc2c(cc1N1CCCC1)/C(=C/c1cccs1)C(=O)N2. The lowest BCUT2D eigenvalue weighted by molar-refractivity contribution is -0.137. The molecule has 0 saturated carbocycles. The van der Waals surface area contributed by atoms with Gasteiger partial charge in [-0.25, -0.2) is 4.79 Å². The number of fused-ring (bicyclic) bond motifs is 1. The van der Waals surface area contributed by atoms with Crippen molar-refractivity contribution in [2.24, 2.45) is 0 Å². The number of carbonyl (C=O) groups excluding carboxylic acids is 2. The summed E-state index contributed by atoms with van der Waals surface area (Å²) in [7, 11) is 0. The molecule has 0 radical (unpaired) electrons. The van der Waals surface area contributed by atoms with Crippen molar-refractivity contribution in [2.75, 3.05) is 33.9 Å². The maximum absolute atomic E-state index is 12.8. The molecule has 0 bridgehead atoms. The molecule has 3 heterocycles. The van der Waals surface area contributed by atoms with E-state index in [0.717, 1.165) is 54.2 Å². The number of alkyl halides is 3. The third-order valence-corrected chi connectivity index (χ3v) is 6.73. The molecule has 0 atom stereocenters. The van der Waals surface area contributed by atoms with Crippen molar-refractivity contribution in [3.63, 3.8) is 0 Å². The van der Waals surface area contributed by atoms with E-state index in [1.165, 1.54) is 23.5 Å². The molecule has 2 aliphatic heterocycles. The van der Waals surface area contributed by atoms with E-state index in [2.05, 4.69) is 20.9 Å². The Morgan fingerprint density at radius 2 is 1.80 bits per heavy atom. The Morgan fingerprint density at radius 1 is 1.06 bits per heavy atom. The maximum atomic E-state index is 12.8. The lowest BCUT2D eigenvalue weighted by Gasteiger charge is -2.23. The summed E-state index contributed by atoms with van der Waals surface area (Å²) in [5.41, 5.74) is 2.65. The molecular weight excluding hydrogens is 477 g/mol. The van der Waals surface area contributed by atoms with Crippen molar-refractivity contribution in [1.82, 2.24) is 0 Å². The third-order valence-electron chi connectivity index (χ3n) is 5.91. The number of nitrogens with one attached hydrogen (secondary N) is 3. The number of halogens is 3. The first-order chi connectivity index (χ1) is 16.8. The zero-order valence-electron chi connectivity index (χ0n) is 18.4. The number of benzene rings is 2. The number of thiophene rings is 1. The van der Waals surface area contributed by atoms with Gasteiger partial charge in [-0.3, -0.25) is 4.79 Å². The second kappa shape index (κ2) is 9.10. The van der Waals surface area contributed by atoms with Crippen LogP contribution in [0.25, 0.3) is 11.6 Å². The van der Waals surface area contributed by atoms with Gasteiger partial charge in [0.05, 0.1) is 28.2 Å². The average Bonchev–Trinajstić information content (AvgIpc) is 3.56. The average molecular weight is 499 g/mol. The number of anilines is 4. The minimum atomic E-state index is -4.45. The van der Waals surface area contributed by atoms with Crippen LogP contribution in [-0.2, 0) is 11.0 Å². The molecule has 3 aromatic rings. The Morgan fingerprint density at radius 3 is 2.46 bits per heavy atom. The van der Waals surface area contributed by atoms with E-state index in [1.54, 1.807) is 6.07 Å². The highest BCUT2D eigenvalue weighted by Crippen LogP contribution is 2.41. The summed E-state index contributed by atoms with van der Waals surface area (Å²) < 4.78 is 38.4. The van der Waals surface area contributed by atoms with Gasteiger partial charge in [-0.05, 0) is 66.8 Å². The van der Waals surface area contributed by atoms with Crippen molar-refractivity contribution in [3.05, 3.63) is 69.9 Å². The third kappa shape index (κ3) is 4.88. The van der Waals surface area contributed by atoms with Gasteiger partial charge in [0.1, 0.15) is 0 Å². The molecular formula is C25H21F3N4O2S. The molecule has 6 nitrogen and oxygen atoms in total. The fourth-order valence-electron chi connectivity index (χ4n) is 4.23. The van der Waals surface area contributed by atoms with Crippen LogP contribution in [0.4, 0.5) is 40.7 Å². The van der Waals surface area contributed by atoms with Gasteiger partial charge in [-0.1, -0.05) is 6.07 Å². The first-order valence-electron chi connectivity index (χ1n) is 11.0. The van der Waals surface area contributed by atoms with E-state index < -0.39 is 17.8 Å². The van der Waals surface area contributed by atoms with E-state index in [-0.39, 0.29) is 11.6 Å². The zero-order valence-corrected chi connectivity index (χ0v) is 19.2. The van der Waals surface area contributed by atoms with Crippen LogP contribution < -0.4 is 20.9 Å². The summed E-state index contributed by atoms with van der Waals surface area (Å²) >= 11 is 1.54. The Kier molecular flexibility index (Phi) is 5.98. The van der Waals surface area contributed by atoms with E-state index in [0.29, 0.717) is 16.9 Å². The summed E-state index contributed by atoms with van der Waals surface area (Å²) in [5, 5.41) is 10.2. The lowest BCUT2D eigenvalue weighted by Crippen LogP contribution is -2.24. The number of carbonyl (C=O) groups is 2. The topological polar surface area (TPSA) is 73.5 Å². The molecule has 1 aromatic heterocycles. The second-order valence-electron chi connectivity index (χ2n) is 8.29. The van der Waals surface area contributed by atoms with Gasteiger partial charge in [0.25, 0.3) is 5.91 Å². The molecule has 5 rings (SSSR count). The molecule has 0 aliphatic carbocycles. The van der Waals surface area contributed by atoms with Crippen molar-refractivity contribution >= 4 is 57.7 Å². The minimum Gasteiger partial charge on any atom is -0.370 e. The highest BCUT2D eigenvalue weighted by Gasteiger charge is 2.30. The lowest BCUT2D eigenvalue weighted by atomic mass is 10.0. The molecule has 2 aromatic carbocycles. The van der Waals surface area contributed by atoms with E-state index >= 15 is 0 Å². The number of amides is 3. The van der Waals surface area contributed by atoms with Gasteiger partial charge in [0.15, 0.2) is 0 Å². The Hall–Kier alpha value is -3.79. The molecule has 35 heavy (non-hydrogen) atoms. The van der Waals surface area contributed by atoms with E-state index in [9.17, 15) is 22.8 Å². The van der Waals surface area contributed by atoms with Gasteiger partial charge in [0, 0.05) is 29.2 Å². The molecule has 3 N–H and O–H groups in total. The first kappa shape index (κ1) is 23.0. The monoisotopic (exact) mass is 498 g/mol. The van der Waals surface area contributed by atoms with Gasteiger partial charge >= 0.3 is 12.2 Å². The highest BCUT2D eigenvalue weighted by molar-refractivity contribution is 7.11. The standard InChI is InChI=1S/C25H21F3N4O2S/c26-25(27,28)15-5-7-16(8-6-15)29-24(34)31-21-14-20-18(13-22(21)32-9-1-2-10-32)19(23(33)30-20)12-17-4-3-11-35-17/h3-8,11-14H,1-2,9-10H2,(H,30,33)(H2,29,31,34)/b19-12-. The Labute approximate surface area is 203 Å². The maximum Gasteiger partial charge on any atom is 0.416 e. The molecule has 10 heteroatoms. The highest BCUT2D eigenvalue weighted by atomic mass is 32.1. The van der Waals surface area contributed by atoms with Crippen LogP contribution in [0, 0.1) is 0 Å². The van der Waals surface area contributed by atoms with Gasteiger partial charge < -0.3 is 20.9 Å². The molecule has 1 fully saturated rings. The Bertz CT molecular complexity index is 1300. The summed E-state index contributed by atoms with van der Waals surface area (Å²) in [6, 6.07) is 11.1.